The van der Waals surface area contributed by atoms with Gasteiger partial charge in [-0.2, -0.15) is 0 Å². The predicted molar refractivity (Wildman–Crippen MR) is 116 cm³/mol. The molecule has 168 valence electrons. The molecule has 0 aromatic heterocycles. The number of rotatable bonds is 6. The van der Waals surface area contributed by atoms with Gasteiger partial charge in [-0.15, -0.1) is 0 Å². The van der Waals surface area contributed by atoms with Crippen molar-refractivity contribution in [1.82, 2.24) is 15.5 Å². The predicted octanol–water partition coefficient (Wildman–Crippen LogP) is 1.90. The summed E-state index contributed by atoms with van der Waals surface area (Å²) in [6, 6.07) is 12.0. The zero-order valence-electron chi connectivity index (χ0n) is 17.7. The molecule has 2 aliphatic rings. The van der Waals surface area contributed by atoms with Crippen LogP contribution in [-0.2, 0) is 16.1 Å². The molecule has 8 nitrogen and oxygen atoms in total. The molecule has 4 amide bonds. The number of anilines is 1. The standard InChI is InChI=1S/C23H25FN4O4/c1-32-19-8-6-18(7-9-19)28-14-20(26-23(28)31)22(30)27-11-10-16(13-27)21(29)25-12-15-2-4-17(24)5-3-15/h2-9,16,20H,10-14H2,1H3,(H,25,29)(H,26,31). The van der Waals surface area contributed by atoms with Crippen LogP contribution >= 0.6 is 0 Å². The van der Waals surface area contributed by atoms with Gasteiger partial charge in [-0.05, 0) is 48.4 Å². The van der Waals surface area contributed by atoms with Crippen LogP contribution in [0.1, 0.15) is 12.0 Å². The SMILES string of the molecule is COc1ccc(N2CC(C(=O)N3CCC(C(=O)NCc4ccc(F)cc4)C3)NC2=O)cc1. The Bertz CT molecular complexity index is 996. The van der Waals surface area contributed by atoms with Gasteiger partial charge in [-0.1, -0.05) is 12.1 Å². The van der Waals surface area contributed by atoms with Crippen LogP contribution in [-0.4, -0.2) is 55.5 Å². The Hall–Kier alpha value is -3.62. The van der Waals surface area contributed by atoms with Crippen LogP contribution in [0.3, 0.4) is 0 Å². The van der Waals surface area contributed by atoms with Crippen molar-refractivity contribution in [2.45, 2.75) is 19.0 Å². The maximum atomic E-state index is 13.0. The van der Waals surface area contributed by atoms with Crippen LogP contribution in [0.15, 0.2) is 48.5 Å². The highest BCUT2D eigenvalue weighted by atomic mass is 19.1. The van der Waals surface area contributed by atoms with Crippen LogP contribution in [0.25, 0.3) is 0 Å². The summed E-state index contributed by atoms with van der Waals surface area (Å²) in [7, 11) is 1.57. The minimum atomic E-state index is -0.661. The molecule has 2 aromatic rings. The number of likely N-dealkylation sites (tertiary alicyclic amines) is 1. The van der Waals surface area contributed by atoms with Crippen molar-refractivity contribution in [2.75, 3.05) is 31.6 Å². The van der Waals surface area contributed by atoms with Gasteiger partial charge in [0.25, 0.3) is 0 Å². The van der Waals surface area contributed by atoms with Gasteiger partial charge in [0, 0.05) is 25.3 Å². The molecule has 4 rings (SSSR count). The van der Waals surface area contributed by atoms with Gasteiger partial charge in [0.2, 0.25) is 11.8 Å². The molecule has 0 aliphatic carbocycles. The smallest absolute Gasteiger partial charge is 0.322 e. The lowest BCUT2D eigenvalue weighted by Crippen LogP contribution is -2.45. The minimum absolute atomic E-state index is 0.139. The Labute approximate surface area is 185 Å². The van der Waals surface area contributed by atoms with E-state index in [2.05, 4.69) is 10.6 Å². The van der Waals surface area contributed by atoms with Crippen LogP contribution in [0.4, 0.5) is 14.9 Å². The number of urea groups is 1. The second kappa shape index (κ2) is 9.25. The topological polar surface area (TPSA) is 91.0 Å². The number of nitrogens with zero attached hydrogens (tertiary/aromatic N) is 2. The summed E-state index contributed by atoms with van der Waals surface area (Å²) < 4.78 is 18.1. The van der Waals surface area contributed by atoms with Crippen molar-refractivity contribution in [2.24, 2.45) is 5.92 Å². The molecule has 2 atom stereocenters. The number of carbonyl (C=O) groups excluding carboxylic acids is 3. The first-order valence-electron chi connectivity index (χ1n) is 10.5. The molecule has 0 radical (unpaired) electrons. The molecule has 2 saturated heterocycles. The van der Waals surface area contributed by atoms with Crippen LogP contribution in [0.5, 0.6) is 5.75 Å². The number of carbonyl (C=O) groups is 3. The maximum Gasteiger partial charge on any atom is 0.322 e. The van der Waals surface area contributed by atoms with E-state index in [4.69, 9.17) is 4.74 Å². The monoisotopic (exact) mass is 440 g/mol. The highest BCUT2D eigenvalue weighted by Gasteiger charge is 2.39. The number of methoxy groups -OCH3 is 1. The van der Waals surface area contributed by atoms with Gasteiger partial charge in [0.15, 0.2) is 0 Å². The molecule has 0 spiro atoms. The molecule has 9 heteroatoms. The Morgan fingerprint density at radius 3 is 2.53 bits per heavy atom. The summed E-state index contributed by atoms with van der Waals surface area (Å²) >= 11 is 0. The molecule has 32 heavy (non-hydrogen) atoms. The molecule has 2 aliphatic heterocycles. The largest absolute Gasteiger partial charge is 0.497 e. The van der Waals surface area contributed by atoms with Gasteiger partial charge < -0.3 is 20.3 Å². The zero-order valence-corrected chi connectivity index (χ0v) is 17.7. The average molecular weight is 440 g/mol. The molecular formula is C23H25FN4O4. The van der Waals surface area contributed by atoms with E-state index in [0.29, 0.717) is 37.5 Å². The Morgan fingerprint density at radius 1 is 1.12 bits per heavy atom. The van der Waals surface area contributed by atoms with Gasteiger partial charge in [-0.3, -0.25) is 14.5 Å². The van der Waals surface area contributed by atoms with E-state index < -0.39 is 6.04 Å². The quantitative estimate of drug-likeness (QED) is 0.718. The zero-order chi connectivity index (χ0) is 22.7. The fraction of sp³-hybridized carbons (Fsp3) is 0.348. The fourth-order valence-electron chi connectivity index (χ4n) is 3.99. The van der Waals surface area contributed by atoms with Crippen molar-refractivity contribution < 1.29 is 23.5 Å². The first kappa shape index (κ1) is 21.6. The van der Waals surface area contributed by atoms with E-state index in [1.807, 2.05) is 0 Å². The summed E-state index contributed by atoms with van der Waals surface area (Å²) in [6.07, 6.45) is 0.559. The average Bonchev–Trinajstić information content (AvgIpc) is 3.45. The van der Waals surface area contributed by atoms with Crippen molar-refractivity contribution >= 4 is 23.5 Å². The van der Waals surface area contributed by atoms with E-state index in [0.717, 1.165) is 5.56 Å². The fourth-order valence-corrected chi connectivity index (χ4v) is 3.99. The first-order chi connectivity index (χ1) is 15.4. The summed E-state index contributed by atoms with van der Waals surface area (Å²) in [5.41, 5.74) is 1.48. The molecule has 2 unspecified atom stereocenters. The molecule has 2 aromatic carbocycles. The van der Waals surface area contributed by atoms with Gasteiger partial charge in [0.05, 0.1) is 19.6 Å². The third-order valence-corrected chi connectivity index (χ3v) is 5.84. The minimum Gasteiger partial charge on any atom is -0.497 e. The van der Waals surface area contributed by atoms with E-state index in [9.17, 15) is 18.8 Å². The van der Waals surface area contributed by atoms with Crippen LogP contribution < -0.4 is 20.3 Å². The second-order valence-electron chi connectivity index (χ2n) is 7.92. The van der Waals surface area contributed by atoms with Gasteiger partial charge in [-0.25, -0.2) is 9.18 Å². The number of nitrogens with one attached hydrogen (secondary N) is 2. The summed E-state index contributed by atoms with van der Waals surface area (Å²) in [5, 5.41) is 5.58. The van der Waals surface area contributed by atoms with E-state index in [1.54, 1.807) is 48.4 Å². The molecule has 0 bridgehead atoms. The van der Waals surface area contributed by atoms with Gasteiger partial charge in [0.1, 0.15) is 17.6 Å². The van der Waals surface area contributed by atoms with Crippen LogP contribution in [0, 0.1) is 11.7 Å². The number of halogens is 1. The van der Waals surface area contributed by atoms with Gasteiger partial charge >= 0.3 is 6.03 Å². The van der Waals surface area contributed by atoms with E-state index in [1.165, 1.54) is 17.0 Å². The number of benzene rings is 2. The summed E-state index contributed by atoms with van der Waals surface area (Å²) in [6.45, 7) is 1.30. The first-order valence-corrected chi connectivity index (χ1v) is 10.5. The highest BCUT2D eigenvalue weighted by Crippen LogP contribution is 2.24. The highest BCUT2D eigenvalue weighted by molar-refractivity contribution is 6.00. The maximum absolute atomic E-state index is 13.0. The van der Waals surface area contributed by atoms with E-state index in [-0.39, 0.29) is 36.1 Å². The molecular weight excluding hydrogens is 415 g/mol. The summed E-state index contributed by atoms with van der Waals surface area (Å²) in [4.78, 5) is 41.0. The van der Waals surface area contributed by atoms with Crippen molar-refractivity contribution in [1.29, 1.82) is 0 Å². The molecule has 2 fully saturated rings. The molecule has 2 N–H and O–H groups in total. The molecule has 0 saturated carbocycles. The van der Waals surface area contributed by atoms with Crippen molar-refractivity contribution in [3.63, 3.8) is 0 Å². The Kier molecular flexibility index (Phi) is 6.25. The Balaban J connectivity index is 1.29. The second-order valence-corrected chi connectivity index (χ2v) is 7.92. The third kappa shape index (κ3) is 4.66. The number of hydrogen-bond donors (Lipinski definition) is 2. The third-order valence-electron chi connectivity index (χ3n) is 5.84. The normalized spacial score (nSPS) is 20.2. The van der Waals surface area contributed by atoms with Crippen LogP contribution in [0.2, 0.25) is 0 Å². The number of ether oxygens (including phenoxy) is 1. The van der Waals surface area contributed by atoms with E-state index >= 15 is 0 Å². The lowest BCUT2D eigenvalue weighted by molar-refractivity contribution is -0.132. The summed E-state index contributed by atoms with van der Waals surface area (Å²) in [5.74, 6) is -0.284. The lowest BCUT2D eigenvalue weighted by Gasteiger charge is -2.20. The number of amides is 4. The number of hydrogen-bond acceptors (Lipinski definition) is 4. The Morgan fingerprint density at radius 2 is 1.84 bits per heavy atom. The van der Waals surface area contributed by atoms with Crippen molar-refractivity contribution in [3.8, 4) is 5.75 Å². The lowest BCUT2D eigenvalue weighted by atomic mass is 10.1. The molecule has 2 heterocycles. The van der Waals surface area contributed by atoms with Crippen molar-refractivity contribution in [3.05, 3.63) is 59.9 Å².